The highest BCUT2D eigenvalue weighted by Gasteiger charge is 2.38. The molecule has 1 heterocycles. The van der Waals surface area contributed by atoms with Gasteiger partial charge in [0.25, 0.3) is 5.91 Å². The number of amides is 1. The Hall–Kier alpha value is -1.36. The van der Waals surface area contributed by atoms with Crippen molar-refractivity contribution in [3.63, 3.8) is 0 Å². The Bertz CT molecular complexity index is 501. The summed E-state index contributed by atoms with van der Waals surface area (Å²) >= 11 is 1.48. The molecule has 2 N–H and O–H groups in total. The van der Waals surface area contributed by atoms with Gasteiger partial charge in [-0.15, -0.1) is 11.3 Å². The van der Waals surface area contributed by atoms with Crippen molar-refractivity contribution in [3.05, 3.63) is 21.9 Å². The maximum atomic E-state index is 12.2. The van der Waals surface area contributed by atoms with Crippen molar-refractivity contribution in [1.82, 2.24) is 5.32 Å². The smallest absolute Gasteiger partial charge is 0.311 e. The summed E-state index contributed by atoms with van der Waals surface area (Å²) in [6, 6.07) is 3.78. The van der Waals surface area contributed by atoms with Crippen LogP contribution in [0.25, 0.3) is 0 Å². The fourth-order valence-corrected chi connectivity index (χ4v) is 3.76. The minimum Gasteiger partial charge on any atom is -0.481 e. The molecule has 1 fully saturated rings. The largest absolute Gasteiger partial charge is 0.481 e. The van der Waals surface area contributed by atoms with Gasteiger partial charge in [-0.1, -0.05) is 32.6 Å². The lowest BCUT2D eigenvalue weighted by atomic mass is 9.80. The van der Waals surface area contributed by atoms with Gasteiger partial charge in [0.05, 0.1) is 10.3 Å². The molecule has 0 saturated heterocycles. The number of nitrogens with one attached hydrogen (secondary N) is 1. The summed E-state index contributed by atoms with van der Waals surface area (Å²) in [5, 5.41) is 12.4. The van der Waals surface area contributed by atoms with Crippen molar-refractivity contribution < 1.29 is 14.7 Å². The summed E-state index contributed by atoms with van der Waals surface area (Å²) in [6.45, 7) is 2.29. The fourth-order valence-electron chi connectivity index (χ4n) is 2.90. The van der Waals surface area contributed by atoms with E-state index in [4.69, 9.17) is 0 Å². The van der Waals surface area contributed by atoms with Gasteiger partial charge < -0.3 is 10.4 Å². The molecule has 116 valence electrons. The summed E-state index contributed by atoms with van der Waals surface area (Å²) in [5.41, 5.74) is -0.781. The van der Waals surface area contributed by atoms with E-state index in [9.17, 15) is 14.7 Å². The molecule has 0 atom stereocenters. The van der Waals surface area contributed by atoms with Gasteiger partial charge in [-0.2, -0.15) is 0 Å². The molecule has 5 heteroatoms. The number of hydrogen-bond acceptors (Lipinski definition) is 3. The summed E-state index contributed by atoms with van der Waals surface area (Å²) in [7, 11) is 0. The van der Waals surface area contributed by atoms with Gasteiger partial charge in [0.2, 0.25) is 0 Å². The molecule has 2 rings (SSSR count). The number of carboxylic acids is 1. The highest BCUT2D eigenvalue weighted by molar-refractivity contribution is 7.14. The molecule has 0 aliphatic heterocycles. The predicted molar refractivity (Wildman–Crippen MR) is 83.8 cm³/mol. The molecule has 1 aliphatic carbocycles. The Kier molecular flexibility index (Phi) is 5.39. The number of hydrogen-bond donors (Lipinski definition) is 2. The Labute approximate surface area is 129 Å². The van der Waals surface area contributed by atoms with E-state index in [1.165, 1.54) is 16.2 Å². The minimum atomic E-state index is -0.781. The molecule has 1 aromatic heterocycles. The maximum Gasteiger partial charge on any atom is 0.311 e. The zero-order valence-electron chi connectivity index (χ0n) is 12.5. The van der Waals surface area contributed by atoms with E-state index in [0.717, 1.165) is 32.1 Å². The molecular weight excluding hydrogens is 286 g/mol. The Morgan fingerprint density at radius 2 is 1.90 bits per heavy atom. The van der Waals surface area contributed by atoms with Gasteiger partial charge in [-0.05, 0) is 31.4 Å². The van der Waals surface area contributed by atoms with E-state index in [1.54, 1.807) is 0 Å². The number of rotatable bonds is 5. The van der Waals surface area contributed by atoms with Crippen molar-refractivity contribution in [1.29, 1.82) is 0 Å². The molecule has 21 heavy (non-hydrogen) atoms. The van der Waals surface area contributed by atoms with Crippen LogP contribution in [0.5, 0.6) is 0 Å². The lowest BCUT2D eigenvalue weighted by molar-refractivity contribution is -0.149. The van der Waals surface area contributed by atoms with Crippen molar-refractivity contribution in [3.8, 4) is 0 Å². The summed E-state index contributed by atoms with van der Waals surface area (Å²) in [4.78, 5) is 25.7. The van der Waals surface area contributed by atoms with Crippen LogP contribution in [-0.4, -0.2) is 23.5 Å². The van der Waals surface area contributed by atoms with Crippen LogP contribution >= 0.6 is 11.3 Å². The molecular formula is C16H23NO3S. The molecule has 0 radical (unpaired) electrons. The van der Waals surface area contributed by atoms with Gasteiger partial charge in [0.15, 0.2) is 0 Å². The zero-order chi connectivity index (χ0) is 15.3. The normalized spacial score (nSPS) is 18.0. The van der Waals surface area contributed by atoms with Crippen LogP contribution < -0.4 is 5.32 Å². The van der Waals surface area contributed by atoms with Gasteiger partial charge >= 0.3 is 5.97 Å². The second kappa shape index (κ2) is 7.07. The highest BCUT2D eigenvalue weighted by Crippen LogP contribution is 2.35. The van der Waals surface area contributed by atoms with Gasteiger partial charge in [0, 0.05) is 11.4 Å². The third-order valence-electron chi connectivity index (χ3n) is 4.34. The predicted octanol–water partition coefficient (Wildman–Crippen LogP) is 3.47. The van der Waals surface area contributed by atoms with E-state index in [0.29, 0.717) is 17.7 Å². The summed E-state index contributed by atoms with van der Waals surface area (Å²) in [5.74, 6) is -0.922. The molecule has 1 aliphatic rings. The van der Waals surface area contributed by atoms with Crippen molar-refractivity contribution in [2.45, 2.75) is 51.9 Å². The first-order valence-corrected chi connectivity index (χ1v) is 8.49. The number of aryl methyl sites for hydroxylation is 1. The van der Waals surface area contributed by atoms with Gasteiger partial charge in [-0.3, -0.25) is 9.59 Å². The van der Waals surface area contributed by atoms with E-state index in [2.05, 4.69) is 12.2 Å². The molecule has 0 unspecified atom stereocenters. The van der Waals surface area contributed by atoms with Crippen LogP contribution in [0, 0.1) is 5.41 Å². The van der Waals surface area contributed by atoms with Crippen LogP contribution in [0.15, 0.2) is 12.1 Å². The minimum absolute atomic E-state index is 0.149. The van der Waals surface area contributed by atoms with Gasteiger partial charge in [-0.25, -0.2) is 0 Å². The summed E-state index contributed by atoms with van der Waals surface area (Å²) < 4.78 is 0. The van der Waals surface area contributed by atoms with Crippen molar-refractivity contribution >= 4 is 23.2 Å². The third kappa shape index (κ3) is 3.84. The van der Waals surface area contributed by atoms with Crippen LogP contribution in [-0.2, 0) is 11.2 Å². The Balaban J connectivity index is 2.01. The molecule has 0 bridgehead atoms. The average Bonchev–Trinajstić information content (AvgIpc) is 2.83. The number of carboxylic acid groups (broad SMARTS) is 1. The van der Waals surface area contributed by atoms with Gasteiger partial charge in [0.1, 0.15) is 0 Å². The first kappa shape index (κ1) is 16.0. The standard InChI is InChI=1S/C16H23NO3S/c1-2-12-7-8-13(21-12)14(18)17-11-16(15(19)20)9-5-3-4-6-10-16/h7-8H,2-6,9-11H2,1H3,(H,17,18)(H,19,20). The molecule has 0 spiro atoms. The monoisotopic (exact) mass is 309 g/mol. The average molecular weight is 309 g/mol. The molecule has 1 saturated carbocycles. The van der Waals surface area contributed by atoms with E-state index >= 15 is 0 Å². The second-order valence-corrected chi connectivity index (χ2v) is 6.97. The summed E-state index contributed by atoms with van der Waals surface area (Å²) in [6.07, 6.45) is 6.28. The highest BCUT2D eigenvalue weighted by atomic mass is 32.1. The first-order chi connectivity index (χ1) is 10.1. The molecule has 4 nitrogen and oxygen atoms in total. The van der Waals surface area contributed by atoms with E-state index < -0.39 is 11.4 Å². The third-order valence-corrected chi connectivity index (χ3v) is 5.56. The van der Waals surface area contributed by atoms with Crippen LogP contribution in [0.1, 0.15) is 60.0 Å². The number of thiophene rings is 1. The number of carbonyl (C=O) groups is 2. The number of aliphatic carboxylic acids is 1. The quantitative estimate of drug-likeness (QED) is 0.819. The molecule has 0 aromatic carbocycles. The van der Waals surface area contributed by atoms with Crippen molar-refractivity contribution in [2.75, 3.05) is 6.54 Å². The Morgan fingerprint density at radius 3 is 2.43 bits per heavy atom. The van der Waals surface area contributed by atoms with E-state index in [-0.39, 0.29) is 12.5 Å². The fraction of sp³-hybridized carbons (Fsp3) is 0.625. The second-order valence-electron chi connectivity index (χ2n) is 5.80. The lowest BCUT2D eigenvalue weighted by Crippen LogP contribution is -2.42. The molecule has 1 aromatic rings. The SMILES string of the molecule is CCc1ccc(C(=O)NCC2(C(=O)O)CCCCCC2)s1. The first-order valence-electron chi connectivity index (χ1n) is 7.68. The molecule has 1 amide bonds. The maximum absolute atomic E-state index is 12.2. The Morgan fingerprint density at radius 1 is 1.24 bits per heavy atom. The topological polar surface area (TPSA) is 66.4 Å². The van der Waals surface area contributed by atoms with Crippen LogP contribution in [0.4, 0.5) is 0 Å². The zero-order valence-corrected chi connectivity index (χ0v) is 13.3. The number of carbonyl (C=O) groups excluding carboxylic acids is 1. The van der Waals surface area contributed by atoms with Crippen molar-refractivity contribution in [2.24, 2.45) is 5.41 Å². The van der Waals surface area contributed by atoms with Crippen LogP contribution in [0.3, 0.4) is 0 Å². The van der Waals surface area contributed by atoms with E-state index in [1.807, 2.05) is 12.1 Å². The van der Waals surface area contributed by atoms with Crippen LogP contribution in [0.2, 0.25) is 0 Å². The lowest BCUT2D eigenvalue weighted by Gasteiger charge is -2.28.